The molecule has 1 unspecified atom stereocenters. The Morgan fingerprint density at radius 3 is 2.62 bits per heavy atom. The molecule has 146 valence electrons. The first kappa shape index (κ1) is 18.9. The Kier molecular flexibility index (Phi) is 5.71. The first-order chi connectivity index (χ1) is 14.2. The van der Waals surface area contributed by atoms with Gasteiger partial charge in [-0.05, 0) is 42.0 Å². The van der Waals surface area contributed by atoms with Crippen LogP contribution in [0.5, 0.6) is 0 Å². The zero-order chi connectivity index (χ0) is 20.1. The Bertz CT molecular complexity index is 1070. The molecule has 0 aliphatic heterocycles. The first-order valence-corrected chi connectivity index (χ1v) is 9.75. The van der Waals surface area contributed by atoms with E-state index < -0.39 is 5.25 Å². The van der Waals surface area contributed by atoms with Crippen molar-refractivity contribution in [1.29, 1.82) is 0 Å². The van der Waals surface area contributed by atoms with Gasteiger partial charge < -0.3 is 14.3 Å². The molecule has 1 atom stereocenters. The molecule has 8 heteroatoms. The van der Waals surface area contributed by atoms with E-state index in [-0.39, 0.29) is 11.7 Å². The summed E-state index contributed by atoms with van der Waals surface area (Å²) in [4.78, 5) is 13.1. The fraction of sp³-hybridized carbons (Fsp3) is 0.0952. The molecule has 2 aromatic heterocycles. The van der Waals surface area contributed by atoms with E-state index in [2.05, 4.69) is 15.5 Å². The maximum absolute atomic E-state index is 13.2. The van der Waals surface area contributed by atoms with E-state index in [1.165, 1.54) is 36.0 Å². The van der Waals surface area contributed by atoms with Crippen LogP contribution in [-0.2, 0) is 11.3 Å². The lowest BCUT2D eigenvalue weighted by Crippen LogP contribution is -2.19. The lowest BCUT2D eigenvalue weighted by Gasteiger charge is -2.17. The SMILES string of the molecule is O=C(Nc1ccc(F)cc1)C(Sc1nncn1Cc1ccco1)c1ccccc1. The summed E-state index contributed by atoms with van der Waals surface area (Å²) in [5.74, 6) is 0.169. The molecule has 2 aromatic carbocycles. The van der Waals surface area contributed by atoms with E-state index >= 15 is 0 Å². The number of halogens is 1. The summed E-state index contributed by atoms with van der Waals surface area (Å²) in [7, 11) is 0. The van der Waals surface area contributed by atoms with Gasteiger partial charge in [-0.2, -0.15) is 0 Å². The summed E-state index contributed by atoms with van der Waals surface area (Å²) in [5.41, 5.74) is 1.35. The lowest BCUT2D eigenvalue weighted by molar-refractivity contribution is -0.115. The second-order valence-electron chi connectivity index (χ2n) is 6.23. The van der Waals surface area contributed by atoms with Gasteiger partial charge in [0.05, 0.1) is 12.8 Å². The molecule has 0 fully saturated rings. The van der Waals surface area contributed by atoms with E-state index in [0.717, 1.165) is 11.3 Å². The number of carbonyl (C=O) groups excluding carboxylic acids is 1. The summed E-state index contributed by atoms with van der Waals surface area (Å²) in [5, 5.41) is 11.0. The molecular formula is C21H17FN4O2S. The zero-order valence-electron chi connectivity index (χ0n) is 15.2. The number of carbonyl (C=O) groups is 1. The molecule has 4 aromatic rings. The molecule has 0 saturated carbocycles. The molecule has 0 radical (unpaired) electrons. The number of thioether (sulfide) groups is 1. The third kappa shape index (κ3) is 4.72. The van der Waals surface area contributed by atoms with Crippen LogP contribution in [0.1, 0.15) is 16.6 Å². The predicted molar refractivity (Wildman–Crippen MR) is 108 cm³/mol. The highest BCUT2D eigenvalue weighted by Crippen LogP contribution is 2.35. The lowest BCUT2D eigenvalue weighted by atomic mass is 10.1. The van der Waals surface area contributed by atoms with Crippen molar-refractivity contribution < 1.29 is 13.6 Å². The van der Waals surface area contributed by atoms with Gasteiger partial charge in [0.2, 0.25) is 5.91 Å². The molecule has 2 heterocycles. The second-order valence-corrected chi connectivity index (χ2v) is 7.30. The molecule has 4 rings (SSSR count). The highest BCUT2D eigenvalue weighted by atomic mass is 32.2. The van der Waals surface area contributed by atoms with Gasteiger partial charge in [-0.25, -0.2) is 4.39 Å². The molecule has 0 saturated heterocycles. The van der Waals surface area contributed by atoms with Crippen molar-refractivity contribution in [2.24, 2.45) is 0 Å². The van der Waals surface area contributed by atoms with Gasteiger partial charge in [0.15, 0.2) is 5.16 Å². The number of nitrogens with zero attached hydrogens (tertiary/aromatic N) is 3. The summed E-state index contributed by atoms with van der Waals surface area (Å²) in [6, 6.07) is 18.8. The van der Waals surface area contributed by atoms with Crippen LogP contribution >= 0.6 is 11.8 Å². The molecular weight excluding hydrogens is 391 g/mol. The molecule has 0 aliphatic rings. The smallest absolute Gasteiger partial charge is 0.242 e. The average Bonchev–Trinajstić information content (AvgIpc) is 3.41. The minimum Gasteiger partial charge on any atom is -0.467 e. The van der Waals surface area contributed by atoms with E-state index in [9.17, 15) is 9.18 Å². The Hall–Kier alpha value is -3.39. The maximum Gasteiger partial charge on any atom is 0.242 e. The largest absolute Gasteiger partial charge is 0.467 e. The van der Waals surface area contributed by atoms with Crippen LogP contribution in [0.25, 0.3) is 0 Å². The topological polar surface area (TPSA) is 73.0 Å². The zero-order valence-corrected chi connectivity index (χ0v) is 16.1. The highest BCUT2D eigenvalue weighted by molar-refractivity contribution is 8.00. The Morgan fingerprint density at radius 1 is 1.10 bits per heavy atom. The van der Waals surface area contributed by atoms with Crippen LogP contribution in [-0.4, -0.2) is 20.7 Å². The quantitative estimate of drug-likeness (QED) is 0.455. The normalized spacial score (nSPS) is 11.9. The summed E-state index contributed by atoms with van der Waals surface area (Å²) in [6.45, 7) is 0.462. The number of benzene rings is 2. The van der Waals surface area contributed by atoms with E-state index in [1.54, 1.807) is 12.6 Å². The minimum absolute atomic E-state index is 0.236. The van der Waals surface area contributed by atoms with Crippen molar-refractivity contribution in [3.63, 3.8) is 0 Å². The van der Waals surface area contributed by atoms with Gasteiger partial charge in [0.25, 0.3) is 0 Å². The van der Waals surface area contributed by atoms with Crippen molar-refractivity contribution in [2.45, 2.75) is 17.0 Å². The van der Waals surface area contributed by atoms with Gasteiger partial charge in [0.1, 0.15) is 23.2 Å². The second kappa shape index (κ2) is 8.74. The van der Waals surface area contributed by atoms with Crippen LogP contribution in [0.3, 0.4) is 0 Å². The highest BCUT2D eigenvalue weighted by Gasteiger charge is 2.25. The summed E-state index contributed by atoms with van der Waals surface area (Å²) in [6.07, 6.45) is 3.21. The fourth-order valence-electron chi connectivity index (χ4n) is 2.76. The van der Waals surface area contributed by atoms with Gasteiger partial charge in [-0.3, -0.25) is 4.79 Å². The number of rotatable bonds is 7. The average molecular weight is 408 g/mol. The van der Waals surface area contributed by atoms with Gasteiger partial charge >= 0.3 is 0 Å². The minimum atomic E-state index is -0.569. The van der Waals surface area contributed by atoms with Crippen LogP contribution < -0.4 is 5.32 Å². The molecule has 0 aliphatic carbocycles. The van der Waals surface area contributed by atoms with Crippen LogP contribution in [0.15, 0.2) is 88.9 Å². The molecule has 1 amide bonds. The van der Waals surface area contributed by atoms with Gasteiger partial charge in [-0.1, -0.05) is 42.1 Å². The fourth-order valence-corrected chi connectivity index (χ4v) is 3.77. The van der Waals surface area contributed by atoms with Crippen molar-refractivity contribution in [3.05, 3.63) is 96.5 Å². The molecule has 29 heavy (non-hydrogen) atoms. The van der Waals surface area contributed by atoms with Gasteiger partial charge in [0, 0.05) is 5.69 Å². The number of aromatic nitrogens is 3. The van der Waals surface area contributed by atoms with Crippen LogP contribution in [0.4, 0.5) is 10.1 Å². The standard InChI is InChI=1S/C21H17FN4O2S/c22-16-8-10-17(11-9-16)24-20(27)19(15-5-2-1-3-6-15)29-21-25-23-14-26(21)13-18-7-4-12-28-18/h1-12,14,19H,13H2,(H,24,27). The molecule has 0 bridgehead atoms. The predicted octanol–water partition coefficient (Wildman–Crippen LogP) is 4.53. The first-order valence-electron chi connectivity index (χ1n) is 8.87. The van der Waals surface area contributed by atoms with Crippen molar-refractivity contribution in [2.75, 3.05) is 5.32 Å². The number of nitrogens with one attached hydrogen (secondary N) is 1. The molecule has 0 spiro atoms. The number of furan rings is 1. The number of anilines is 1. The third-order valence-corrected chi connectivity index (χ3v) is 5.41. The Balaban J connectivity index is 1.58. The molecule has 6 nitrogen and oxygen atoms in total. The van der Waals surface area contributed by atoms with E-state index in [0.29, 0.717) is 17.4 Å². The van der Waals surface area contributed by atoms with Crippen molar-refractivity contribution >= 4 is 23.4 Å². The Morgan fingerprint density at radius 2 is 1.90 bits per heavy atom. The van der Waals surface area contributed by atoms with Crippen LogP contribution in [0, 0.1) is 5.82 Å². The summed E-state index contributed by atoms with van der Waals surface area (Å²) < 4.78 is 20.4. The number of amides is 1. The van der Waals surface area contributed by atoms with E-state index in [4.69, 9.17) is 4.42 Å². The number of hydrogen-bond donors (Lipinski definition) is 1. The third-order valence-electron chi connectivity index (χ3n) is 4.16. The monoisotopic (exact) mass is 408 g/mol. The molecule has 1 N–H and O–H groups in total. The Labute approximate surface area is 170 Å². The number of hydrogen-bond acceptors (Lipinski definition) is 5. The van der Waals surface area contributed by atoms with Gasteiger partial charge in [-0.15, -0.1) is 10.2 Å². The van der Waals surface area contributed by atoms with Crippen molar-refractivity contribution in [3.8, 4) is 0 Å². The van der Waals surface area contributed by atoms with Crippen LogP contribution in [0.2, 0.25) is 0 Å². The maximum atomic E-state index is 13.2. The van der Waals surface area contributed by atoms with Crippen molar-refractivity contribution in [1.82, 2.24) is 14.8 Å². The summed E-state index contributed by atoms with van der Waals surface area (Å²) >= 11 is 1.29. The van der Waals surface area contributed by atoms with E-state index in [1.807, 2.05) is 47.0 Å².